The summed E-state index contributed by atoms with van der Waals surface area (Å²) < 4.78 is 1.08. The van der Waals surface area contributed by atoms with E-state index in [1.807, 2.05) is 54.6 Å². The number of nitrogens with one attached hydrogen (secondary N) is 4. The van der Waals surface area contributed by atoms with Crippen LogP contribution in [0.25, 0.3) is 0 Å². The minimum absolute atomic E-state index is 0.147. The van der Waals surface area contributed by atoms with Gasteiger partial charge >= 0.3 is 5.97 Å². The largest absolute Gasteiger partial charge is 0.480 e. The smallest absolute Gasteiger partial charge is 0.326 e. The summed E-state index contributed by atoms with van der Waals surface area (Å²) in [6.45, 7) is 0.776. The van der Waals surface area contributed by atoms with Crippen molar-refractivity contribution >= 4 is 46.2 Å². The highest BCUT2D eigenvalue weighted by atomic mass is 127. The summed E-state index contributed by atoms with van der Waals surface area (Å²) in [6.07, 6.45) is 0.523. The van der Waals surface area contributed by atoms with Crippen LogP contribution in [0.3, 0.4) is 0 Å². The maximum Gasteiger partial charge on any atom is 0.326 e. The maximum absolute atomic E-state index is 13.0. The van der Waals surface area contributed by atoms with Gasteiger partial charge in [-0.05, 0) is 65.1 Å². The molecular weight excluding hydrogens is 549 g/mol. The molecule has 0 aliphatic carbocycles. The molecule has 2 aromatic rings. The van der Waals surface area contributed by atoms with Crippen LogP contribution < -0.4 is 21.7 Å². The molecule has 34 heavy (non-hydrogen) atoms. The molecule has 0 aromatic heterocycles. The Morgan fingerprint density at radius 3 is 2.38 bits per heavy atom. The molecule has 0 aliphatic rings. The van der Waals surface area contributed by atoms with Crippen LogP contribution in [0.5, 0.6) is 0 Å². The monoisotopic (exact) mass is 579 g/mol. The van der Waals surface area contributed by atoms with E-state index in [-0.39, 0.29) is 18.2 Å². The number of hydrogen-bond acceptors (Lipinski definition) is 5. The Labute approximate surface area is 212 Å². The first kappa shape index (κ1) is 27.3. The fourth-order valence-corrected chi connectivity index (χ4v) is 3.96. The number of rotatable bonds is 14. The summed E-state index contributed by atoms with van der Waals surface area (Å²) in [5, 5.41) is 24.8. The van der Waals surface area contributed by atoms with Gasteiger partial charge in [-0.25, -0.2) is 4.79 Å². The van der Waals surface area contributed by atoms with Gasteiger partial charge in [-0.1, -0.05) is 42.5 Å². The fraction of sp³-hybridized carbons (Fsp3) is 0.333. The molecule has 2 aromatic carbocycles. The van der Waals surface area contributed by atoms with E-state index in [4.69, 9.17) is 11.1 Å². The molecule has 0 aliphatic heterocycles. The van der Waals surface area contributed by atoms with Crippen LogP contribution in [0.1, 0.15) is 30.4 Å². The number of carboxylic acids is 1. The molecule has 182 valence electrons. The van der Waals surface area contributed by atoms with E-state index in [0.29, 0.717) is 25.9 Å². The quantitative estimate of drug-likeness (QED) is 0.0655. The number of Topliss-reactive ketones (excluding diaryl/α,β-unsaturated/α-hetero) is 1. The van der Waals surface area contributed by atoms with Crippen molar-refractivity contribution < 1.29 is 19.5 Å². The molecule has 0 radical (unpaired) electrons. The molecule has 7 N–H and O–H groups in total. The number of nitrogens with two attached hydrogens (primary N) is 1. The van der Waals surface area contributed by atoms with E-state index in [0.717, 1.165) is 14.7 Å². The number of carbonyl (C=O) groups is 3. The second kappa shape index (κ2) is 14.3. The zero-order valence-electron chi connectivity index (χ0n) is 18.7. The second-order valence-electron chi connectivity index (χ2n) is 7.84. The molecule has 1 unspecified atom stereocenters. The van der Waals surface area contributed by atoms with Gasteiger partial charge in [0.1, 0.15) is 6.04 Å². The van der Waals surface area contributed by atoms with Crippen LogP contribution >= 0.6 is 22.6 Å². The predicted molar refractivity (Wildman–Crippen MR) is 138 cm³/mol. The number of ketones is 1. The molecule has 9 nitrogen and oxygen atoms in total. The number of carboxylic acid groups (broad SMARTS) is 1. The van der Waals surface area contributed by atoms with Gasteiger partial charge in [-0.2, -0.15) is 0 Å². The molecular formula is C24H30IN5O4. The third-order valence-corrected chi connectivity index (χ3v) is 5.74. The van der Waals surface area contributed by atoms with Crippen LogP contribution in [0.15, 0.2) is 54.6 Å². The average molecular weight is 579 g/mol. The van der Waals surface area contributed by atoms with Gasteiger partial charge in [0, 0.05) is 16.7 Å². The van der Waals surface area contributed by atoms with E-state index in [9.17, 15) is 19.5 Å². The second-order valence-corrected chi connectivity index (χ2v) is 9.08. The Hall–Kier alpha value is -2.99. The molecule has 0 spiro atoms. The van der Waals surface area contributed by atoms with E-state index in [1.54, 1.807) is 0 Å². The number of benzene rings is 2. The molecule has 2 atom stereocenters. The number of carbonyl (C=O) groups excluding carboxylic acids is 2. The summed E-state index contributed by atoms with van der Waals surface area (Å²) in [5.41, 5.74) is 7.18. The Morgan fingerprint density at radius 2 is 1.74 bits per heavy atom. The lowest BCUT2D eigenvalue weighted by Gasteiger charge is -2.19. The van der Waals surface area contributed by atoms with E-state index < -0.39 is 30.4 Å². The first-order chi connectivity index (χ1) is 16.2. The first-order valence-electron chi connectivity index (χ1n) is 10.9. The standard InChI is InChI=1S/C24H30IN5O4/c25-18-9-4-8-17(12-18)15-29-20(13-16-6-2-1-3-7-16)21(31)14-22(32)30-19(23(33)34)10-5-11-28-24(26)27/h1-4,6-9,12,19-20,29H,5,10-11,13-15H2,(H,30,32)(H,33,34)(H4,26,27,28)/t19-,20?/m0/s1. The van der Waals surface area contributed by atoms with Gasteiger partial charge in [-0.15, -0.1) is 0 Å². The maximum atomic E-state index is 13.0. The highest BCUT2D eigenvalue weighted by Gasteiger charge is 2.25. The first-order valence-corrected chi connectivity index (χ1v) is 12.0. The van der Waals surface area contributed by atoms with Crippen molar-refractivity contribution in [2.45, 2.75) is 44.3 Å². The van der Waals surface area contributed by atoms with Gasteiger partial charge in [0.05, 0.1) is 12.5 Å². The van der Waals surface area contributed by atoms with E-state index in [1.165, 1.54) is 0 Å². The summed E-state index contributed by atoms with van der Waals surface area (Å²) in [7, 11) is 0. The highest BCUT2D eigenvalue weighted by molar-refractivity contribution is 14.1. The molecule has 0 bridgehead atoms. The summed E-state index contributed by atoms with van der Waals surface area (Å²) >= 11 is 2.23. The van der Waals surface area contributed by atoms with Gasteiger partial charge in [-0.3, -0.25) is 15.0 Å². The number of aliphatic carboxylic acids is 1. The van der Waals surface area contributed by atoms with Crippen LogP contribution in [-0.2, 0) is 27.3 Å². The molecule has 10 heteroatoms. The lowest BCUT2D eigenvalue weighted by atomic mass is 9.99. The molecule has 2 rings (SSSR count). The molecule has 1 amide bonds. The van der Waals surface area contributed by atoms with Gasteiger partial charge in [0.25, 0.3) is 0 Å². The summed E-state index contributed by atoms with van der Waals surface area (Å²) in [6, 6.07) is 15.7. The average Bonchev–Trinajstić information content (AvgIpc) is 2.79. The van der Waals surface area contributed by atoms with Crippen LogP contribution in [-0.4, -0.2) is 47.4 Å². The van der Waals surface area contributed by atoms with Crippen molar-refractivity contribution in [2.24, 2.45) is 5.73 Å². The minimum Gasteiger partial charge on any atom is -0.480 e. The SMILES string of the molecule is N=C(N)NCCC[C@H](NC(=O)CC(=O)C(Cc1ccccc1)NCc1cccc(I)c1)C(=O)O. The number of guanidine groups is 1. The molecule has 0 saturated heterocycles. The van der Waals surface area contributed by atoms with E-state index in [2.05, 4.69) is 38.5 Å². The van der Waals surface area contributed by atoms with Gasteiger partial charge in [0.15, 0.2) is 11.7 Å². The summed E-state index contributed by atoms with van der Waals surface area (Å²) in [5.74, 6) is -2.33. The van der Waals surface area contributed by atoms with E-state index >= 15 is 0 Å². The van der Waals surface area contributed by atoms with Crippen molar-refractivity contribution in [1.82, 2.24) is 16.0 Å². The zero-order chi connectivity index (χ0) is 24.9. The minimum atomic E-state index is -1.18. The van der Waals surface area contributed by atoms with Crippen LogP contribution in [0.4, 0.5) is 0 Å². The van der Waals surface area contributed by atoms with Gasteiger partial charge in [0.2, 0.25) is 5.91 Å². The third-order valence-electron chi connectivity index (χ3n) is 5.07. The van der Waals surface area contributed by atoms with Crippen molar-refractivity contribution in [1.29, 1.82) is 5.41 Å². The lowest BCUT2D eigenvalue weighted by Crippen LogP contribution is -2.45. The van der Waals surface area contributed by atoms with Crippen LogP contribution in [0, 0.1) is 8.98 Å². The Kier molecular flexibility index (Phi) is 11.5. The Balaban J connectivity index is 1.98. The molecule has 0 saturated carbocycles. The van der Waals surface area contributed by atoms with Gasteiger partial charge < -0.3 is 26.8 Å². The van der Waals surface area contributed by atoms with Crippen molar-refractivity contribution in [2.75, 3.05) is 6.54 Å². The Morgan fingerprint density at radius 1 is 1.03 bits per heavy atom. The van der Waals surface area contributed by atoms with Crippen LogP contribution in [0.2, 0.25) is 0 Å². The van der Waals surface area contributed by atoms with Crippen molar-refractivity contribution in [3.8, 4) is 0 Å². The highest BCUT2D eigenvalue weighted by Crippen LogP contribution is 2.10. The number of halogens is 1. The third kappa shape index (κ3) is 10.3. The normalized spacial score (nSPS) is 12.4. The fourth-order valence-electron chi connectivity index (χ4n) is 3.35. The molecule has 0 fully saturated rings. The topological polar surface area (TPSA) is 157 Å². The van der Waals surface area contributed by atoms with Crippen molar-refractivity contribution in [3.05, 3.63) is 69.3 Å². The summed E-state index contributed by atoms with van der Waals surface area (Å²) in [4.78, 5) is 37.0. The zero-order valence-corrected chi connectivity index (χ0v) is 20.9. The number of amides is 1. The lowest BCUT2D eigenvalue weighted by molar-refractivity contribution is -0.142. The predicted octanol–water partition coefficient (Wildman–Crippen LogP) is 1.78. The Bertz CT molecular complexity index is 986. The molecule has 0 heterocycles. The van der Waals surface area contributed by atoms with Crippen molar-refractivity contribution in [3.63, 3.8) is 0 Å². The number of hydrogen-bond donors (Lipinski definition) is 6.